The van der Waals surface area contributed by atoms with Crippen molar-refractivity contribution in [2.24, 2.45) is 5.92 Å². The molecule has 1 aliphatic rings. The average molecular weight is 549 g/mol. The van der Waals surface area contributed by atoms with Gasteiger partial charge in [0.25, 0.3) is 6.43 Å². The molecule has 1 atom stereocenters. The zero-order valence-electron chi connectivity index (χ0n) is 20.5. The van der Waals surface area contributed by atoms with Crippen molar-refractivity contribution in [1.82, 2.24) is 4.31 Å². The summed E-state index contributed by atoms with van der Waals surface area (Å²) in [6, 6.07) is 15.4. The number of rotatable bonds is 6. The van der Waals surface area contributed by atoms with Crippen molar-refractivity contribution in [3.63, 3.8) is 0 Å². The van der Waals surface area contributed by atoms with E-state index in [9.17, 15) is 27.1 Å². The highest BCUT2D eigenvalue weighted by molar-refractivity contribution is 7.89. The highest BCUT2D eigenvalue weighted by Crippen LogP contribution is 2.43. The molecule has 10 heteroatoms. The highest BCUT2D eigenvalue weighted by Gasteiger charge is 2.38. The number of carbonyl (C=O) groups is 1. The normalized spacial score (nSPS) is 17.6. The Morgan fingerprint density at radius 1 is 1.11 bits per heavy atom. The Kier molecular flexibility index (Phi) is 7.60. The van der Waals surface area contributed by atoms with Crippen molar-refractivity contribution in [3.05, 3.63) is 76.8 Å². The van der Waals surface area contributed by atoms with Crippen molar-refractivity contribution in [3.8, 4) is 11.1 Å². The van der Waals surface area contributed by atoms with Crippen LogP contribution in [0.2, 0.25) is 5.02 Å². The zero-order chi connectivity index (χ0) is 27.1. The molecule has 1 N–H and O–H groups in total. The number of hydrogen-bond acceptors (Lipinski definition) is 4. The van der Waals surface area contributed by atoms with Gasteiger partial charge in [0, 0.05) is 36.4 Å². The van der Waals surface area contributed by atoms with Gasteiger partial charge in [-0.2, -0.15) is 4.31 Å². The maximum absolute atomic E-state index is 13.9. The molecule has 3 aromatic carbocycles. The first-order valence-electron chi connectivity index (χ1n) is 11.7. The predicted molar refractivity (Wildman–Crippen MR) is 140 cm³/mol. The van der Waals surface area contributed by atoms with Crippen molar-refractivity contribution in [2.45, 2.75) is 37.6 Å². The van der Waals surface area contributed by atoms with Crippen LogP contribution in [0.5, 0.6) is 0 Å². The molecule has 0 bridgehead atoms. The van der Waals surface area contributed by atoms with E-state index in [1.165, 1.54) is 16.4 Å². The van der Waals surface area contributed by atoms with Crippen LogP contribution >= 0.6 is 11.6 Å². The predicted octanol–water partition coefficient (Wildman–Crippen LogP) is 6.83. The van der Waals surface area contributed by atoms with E-state index in [1.807, 2.05) is 49.1 Å². The second kappa shape index (κ2) is 10.4. The van der Waals surface area contributed by atoms with E-state index in [0.29, 0.717) is 18.7 Å². The lowest BCUT2D eigenvalue weighted by atomic mass is 9.98. The maximum atomic E-state index is 13.9. The van der Waals surface area contributed by atoms with Gasteiger partial charge in [-0.25, -0.2) is 22.0 Å². The summed E-state index contributed by atoms with van der Waals surface area (Å²) in [5.74, 6) is -1.27. The van der Waals surface area contributed by atoms with Crippen LogP contribution in [0.3, 0.4) is 0 Å². The summed E-state index contributed by atoms with van der Waals surface area (Å²) in [5, 5.41) is 9.66. The second-order valence-electron chi connectivity index (χ2n) is 9.46. The number of halogens is 3. The van der Waals surface area contributed by atoms with Gasteiger partial charge in [-0.3, -0.25) is 0 Å². The summed E-state index contributed by atoms with van der Waals surface area (Å²) >= 11 is 6.66. The Labute approximate surface area is 220 Å². The van der Waals surface area contributed by atoms with Gasteiger partial charge < -0.3 is 10.0 Å². The third-order valence-corrected chi connectivity index (χ3v) is 8.80. The molecule has 0 saturated heterocycles. The van der Waals surface area contributed by atoms with Gasteiger partial charge in [-0.05, 0) is 48.2 Å². The Bertz CT molecular complexity index is 1430. The number of aromatic carboxylic acids is 1. The second-order valence-corrected chi connectivity index (χ2v) is 11.8. The van der Waals surface area contributed by atoms with E-state index in [1.54, 1.807) is 13.1 Å². The Morgan fingerprint density at radius 3 is 2.38 bits per heavy atom. The van der Waals surface area contributed by atoms with Gasteiger partial charge in [0.1, 0.15) is 4.90 Å². The molecule has 3 aromatic rings. The zero-order valence-corrected chi connectivity index (χ0v) is 22.1. The number of alkyl halides is 2. The van der Waals surface area contributed by atoms with Crippen LogP contribution in [0.1, 0.15) is 42.6 Å². The molecule has 0 saturated carbocycles. The molecule has 1 aliphatic heterocycles. The largest absolute Gasteiger partial charge is 0.478 e. The van der Waals surface area contributed by atoms with Crippen LogP contribution in [-0.2, 0) is 10.0 Å². The highest BCUT2D eigenvalue weighted by atomic mass is 35.5. The number of hydrogen-bond donors (Lipinski definition) is 1. The topological polar surface area (TPSA) is 77.9 Å². The number of carboxylic acids is 1. The van der Waals surface area contributed by atoms with Crippen LogP contribution in [0.4, 0.5) is 20.2 Å². The van der Waals surface area contributed by atoms with E-state index in [2.05, 4.69) is 0 Å². The van der Waals surface area contributed by atoms with Crippen molar-refractivity contribution in [1.29, 1.82) is 0 Å². The first-order valence-corrected chi connectivity index (χ1v) is 13.5. The minimum absolute atomic E-state index is 0.000629. The fraction of sp³-hybridized carbons (Fsp3) is 0.296. The molecule has 0 aromatic heterocycles. The van der Waals surface area contributed by atoms with Gasteiger partial charge in [-0.15, -0.1) is 0 Å². The lowest BCUT2D eigenvalue weighted by Crippen LogP contribution is -2.41. The average Bonchev–Trinajstić information content (AvgIpc) is 2.92. The van der Waals surface area contributed by atoms with E-state index in [4.69, 9.17) is 11.6 Å². The van der Waals surface area contributed by atoms with Gasteiger partial charge in [0.2, 0.25) is 10.0 Å². The Morgan fingerprint density at radius 2 is 1.78 bits per heavy atom. The van der Waals surface area contributed by atoms with Gasteiger partial charge in [-0.1, -0.05) is 55.8 Å². The molecular formula is C27H27ClF2N2O4S. The van der Waals surface area contributed by atoms with Crippen molar-refractivity contribution >= 4 is 39.0 Å². The molecule has 0 unspecified atom stereocenters. The fourth-order valence-corrected chi connectivity index (χ4v) is 6.50. The monoisotopic (exact) mass is 548 g/mol. The van der Waals surface area contributed by atoms with Crippen LogP contribution in [0, 0.1) is 5.92 Å². The van der Waals surface area contributed by atoms with E-state index in [0.717, 1.165) is 17.8 Å². The lowest BCUT2D eigenvalue weighted by molar-refractivity contribution is 0.0684. The number of likely N-dealkylation sites (N-methyl/N-ethyl adjacent to an activating group) is 1. The summed E-state index contributed by atoms with van der Waals surface area (Å²) in [7, 11) is -2.44. The quantitative estimate of drug-likeness (QED) is 0.365. The first kappa shape index (κ1) is 27.0. The van der Waals surface area contributed by atoms with Gasteiger partial charge in [0.15, 0.2) is 0 Å². The van der Waals surface area contributed by atoms with E-state index < -0.39 is 33.5 Å². The molecule has 37 heavy (non-hydrogen) atoms. The molecular weight excluding hydrogens is 522 g/mol. The maximum Gasteiger partial charge on any atom is 0.336 e. The summed E-state index contributed by atoms with van der Waals surface area (Å²) in [6.07, 6.45) is -2.35. The van der Waals surface area contributed by atoms with Crippen LogP contribution in [-0.4, -0.2) is 43.4 Å². The number of anilines is 2. The number of benzene rings is 3. The summed E-state index contributed by atoms with van der Waals surface area (Å²) in [6.45, 7) is 4.46. The van der Waals surface area contributed by atoms with E-state index >= 15 is 0 Å². The van der Waals surface area contributed by atoms with E-state index in [-0.39, 0.29) is 33.0 Å². The molecule has 0 amide bonds. The van der Waals surface area contributed by atoms with Crippen LogP contribution in [0.25, 0.3) is 11.1 Å². The molecule has 0 fully saturated rings. The third kappa shape index (κ3) is 5.21. The van der Waals surface area contributed by atoms with Crippen molar-refractivity contribution < 1.29 is 27.1 Å². The number of para-hydroxylation sites is 1. The smallest absolute Gasteiger partial charge is 0.336 e. The lowest BCUT2D eigenvalue weighted by Gasteiger charge is -2.30. The van der Waals surface area contributed by atoms with Gasteiger partial charge in [0.05, 0.1) is 16.3 Å². The Hall–Kier alpha value is -3.01. The number of sulfonamides is 1. The summed E-state index contributed by atoms with van der Waals surface area (Å²) in [4.78, 5) is 13.6. The molecule has 1 heterocycles. The molecule has 0 radical (unpaired) electrons. The first-order chi connectivity index (χ1) is 17.4. The summed E-state index contributed by atoms with van der Waals surface area (Å²) in [5.41, 5.74) is 0.447. The molecule has 0 spiro atoms. The number of carboxylic acid groups (broad SMARTS) is 1. The Balaban J connectivity index is 1.96. The standard InChI is InChI=1S/C27H27ClF2N2O4S/c1-16(2)11-19-15-32(18-7-5-4-6-8-18)24-14-23(28)21(13-25(24)37(35,36)31(19)3)17-9-10-20(26(29)30)22(12-17)27(33)34/h4-10,12-14,16,19,26H,11,15H2,1-3H3,(H,33,34)/t19-/m1/s1. The third-order valence-electron chi connectivity index (χ3n) is 6.55. The minimum atomic E-state index is -3.99. The number of fused-ring (bicyclic) bond motifs is 1. The van der Waals surface area contributed by atoms with Crippen LogP contribution in [0.15, 0.2) is 65.6 Å². The van der Waals surface area contributed by atoms with Gasteiger partial charge >= 0.3 is 5.97 Å². The minimum Gasteiger partial charge on any atom is -0.478 e. The number of nitrogens with zero attached hydrogens (tertiary/aromatic N) is 2. The van der Waals surface area contributed by atoms with Crippen molar-refractivity contribution in [2.75, 3.05) is 18.5 Å². The molecule has 196 valence electrons. The van der Waals surface area contributed by atoms with Crippen LogP contribution < -0.4 is 4.90 Å². The SMILES string of the molecule is CC(C)C[C@@H]1CN(c2ccccc2)c2cc(Cl)c(-c3ccc(C(F)F)c(C(=O)O)c3)cc2S(=O)(=O)N1C. The fourth-order valence-electron chi connectivity index (χ4n) is 4.68. The summed E-state index contributed by atoms with van der Waals surface area (Å²) < 4.78 is 55.8. The molecule has 6 nitrogen and oxygen atoms in total. The molecule has 4 rings (SSSR count). The molecule has 0 aliphatic carbocycles.